The van der Waals surface area contributed by atoms with E-state index in [4.69, 9.17) is 28.6 Å². The summed E-state index contributed by atoms with van der Waals surface area (Å²) in [6.45, 7) is 2.51. The van der Waals surface area contributed by atoms with Gasteiger partial charge in [0, 0.05) is 11.4 Å². The number of ether oxygens (including phenoxy) is 1. The number of hydrogen-bond acceptors (Lipinski definition) is 4. The molecule has 30 heavy (non-hydrogen) atoms. The maximum absolute atomic E-state index is 12.7. The van der Waals surface area contributed by atoms with Crippen LogP contribution in [0.5, 0.6) is 5.75 Å². The highest BCUT2D eigenvalue weighted by Gasteiger charge is 2.16. The van der Waals surface area contributed by atoms with Crippen LogP contribution in [-0.2, 0) is 10.0 Å². The normalized spacial score (nSPS) is 10.9. The van der Waals surface area contributed by atoms with Crippen molar-refractivity contribution in [2.45, 2.75) is 11.8 Å². The summed E-state index contributed by atoms with van der Waals surface area (Å²) in [6.07, 6.45) is 0. The van der Waals surface area contributed by atoms with Crippen LogP contribution in [0, 0.1) is 0 Å². The fourth-order valence-electron chi connectivity index (χ4n) is 2.58. The molecule has 3 aromatic rings. The van der Waals surface area contributed by atoms with E-state index in [2.05, 4.69) is 15.4 Å². The molecule has 0 fully saturated rings. The van der Waals surface area contributed by atoms with Crippen LogP contribution in [0.3, 0.4) is 0 Å². The molecular formula is C21H20ClN3O3S2. The van der Waals surface area contributed by atoms with Crippen LogP contribution in [0.15, 0.2) is 77.7 Å². The Balaban J connectivity index is 1.68. The third-order valence-electron chi connectivity index (χ3n) is 3.94. The molecule has 0 aliphatic rings. The van der Waals surface area contributed by atoms with Crippen molar-refractivity contribution in [1.82, 2.24) is 0 Å². The Morgan fingerprint density at radius 2 is 1.67 bits per heavy atom. The van der Waals surface area contributed by atoms with Gasteiger partial charge in [0.1, 0.15) is 5.75 Å². The second-order valence-electron chi connectivity index (χ2n) is 6.15. The van der Waals surface area contributed by atoms with Gasteiger partial charge in [-0.3, -0.25) is 4.72 Å². The Hall–Kier alpha value is -2.81. The van der Waals surface area contributed by atoms with Gasteiger partial charge in [0.25, 0.3) is 10.0 Å². The summed E-state index contributed by atoms with van der Waals surface area (Å²) in [5.41, 5.74) is 1.62. The fourth-order valence-corrected chi connectivity index (χ4v) is 4.18. The largest absolute Gasteiger partial charge is 0.494 e. The van der Waals surface area contributed by atoms with E-state index in [1.807, 2.05) is 31.2 Å². The van der Waals surface area contributed by atoms with Crippen molar-refractivity contribution in [3.05, 3.63) is 77.8 Å². The van der Waals surface area contributed by atoms with Crippen molar-refractivity contribution in [2.24, 2.45) is 0 Å². The van der Waals surface area contributed by atoms with Crippen LogP contribution in [0.4, 0.5) is 17.1 Å². The Kier molecular flexibility index (Phi) is 7.15. The van der Waals surface area contributed by atoms with Crippen LogP contribution in [-0.4, -0.2) is 20.1 Å². The van der Waals surface area contributed by atoms with Crippen molar-refractivity contribution in [3.63, 3.8) is 0 Å². The van der Waals surface area contributed by atoms with E-state index < -0.39 is 10.0 Å². The van der Waals surface area contributed by atoms with E-state index in [1.54, 1.807) is 36.4 Å². The van der Waals surface area contributed by atoms with E-state index >= 15 is 0 Å². The summed E-state index contributed by atoms with van der Waals surface area (Å²) in [5, 5.41) is 6.68. The Labute approximate surface area is 186 Å². The first-order chi connectivity index (χ1) is 14.4. The van der Waals surface area contributed by atoms with Crippen molar-refractivity contribution in [3.8, 4) is 5.75 Å². The smallest absolute Gasteiger partial charge is 0.262 e. The zero-order chi connectivity index (χ0) is 21.6. The lowest BCUT2D eigenvalue weighted by molar-refractivity contribution is 0.340. The number of anilines is 3. The molecule has 0 spiro atoms. The maximum Gasteiger partial charge on any atom is 0.262 e. The highest BCUT2D eigenvalue weighted by Crippen LogP contribution is 2.25. The van der Waals surface area contributed by atoms with Crippen LogP contribution in [0.2, 0.25) is 5.02 Å². The second kappa shape index (κ2) is 9.80. The highest BCUT2D eigenvalue weighted by atomic mass is 35.5. The third-order valence-corrected chi connectivity index (χ3v) is 5.84. The standard InChI is InChI=1S/C21H20ClN3O3S2/c1-2-28-17-12-10-15(11-13-17)23-21(29)24-16-6-5-7-18(14-16)30(26,27)25-20-9-4-3-8-19(20)22/h3-14,25H,2H2,1H3,(H2,23,24,29). The maximum atomic E-state index is 12.7. The monoisotopic (exact) mass is 461 g/mol. The molecule has 0 aromatic heterocycles. The van der Waals surface area contributed by atoms with Gasteiger partial charge in [0.2, 0.25) is 0 Å². The summed E-state index contributed by atoms with van der Waals surface area (Å²) in [6, 6.07) is 20.3. The van der Waals surface area contributed by atoms with Gasteiger partial charge in [0.15, 0.2) is 5.11 Å². The number of thiocarbonyl (C=S) groups is 1. The summed E-state index contributed by atoms with van der Waals surface area (Å²) < 4.78 is 33.3. The molecule has 3 aromatic carbocycles. The molecule has 0 saturated carbocycles. The summed E-state index contributed by atoms with van der Waals surface area (Å²) in [4.78, 5) is 0.0799. The molecule has 3 rings (SSSR count). The van der Waals surface area contributed by atoms with Gasteiger partial charge in [-0.1, -0.05) is 29.8 Å². The molecule has 0 amide bonds. The minimum Gasteiger partial charge on any atom is -0.494 e. The van der Waals surface area contributed by atoms with E-state index in [0.29, 0.717) is 28.1 Å². The van der Waals surface area contributed by atoms with Crippen molar-refractivity contribution in [1.29, 1.82) is 0 Å². The number of sulfonamides is 1. The van der Waals surface area contributed by atoms with Gasteiger partial charge in [0.05, 0.1) is 22.2 Å². The number of para-hydroxylation sites is 1. The van der Waals surface area contributed by atoms with Crippen molar-refractivity contribution >= 4 is 56.0 Å². The zero-order valence-corrected chi connectivity index (χ0v) is 18.4. The predicted molar refractivity (Wildman–Crippen MR) is 126 cm³/mol. The number of rotatable bonds is 7. The SMILES string of the molecule is CCOc1ccc(NC(=S)Nc2cccc(S(=O)(=O)Nc3ccccc3Cl)c2)cc1. The molecule has 0 saturated heterocycles. The Morgan fingerprint density at radius 1 is 0.967 bits per heavy atom. The predicted octanol–water partition coefficient (Wildman–Crippen LogP) is 5.35. The van der Waals surface area contributed by atoms with Crippen molar-refractivity contribution < 1.29 is 13.2 Å². The molecule has 0 heterocycles. The van der Waals surface area contributed by atoms with Crippen LogP contribution >= 0.6 is 23.8 Å². The molecule has 0 atom stereocenters. The average molecular weight is 462 g/mol. The zero-order valence-electron chi connectivity index (χ0n) is 16.1. The van der Waals surface area contributed by atoms with E-state index in [1.165, 1.54) is 12.1 Å². The van der Waals surface area contributed by atoms with Crippen molar-refractivity contribution in [2.75, 3.05) is 22.0 Å². The van der Waals surface area contributed by atoms with E-state index in [-0.39, 0.29) is 4.90 Å². The van der Waals surface area contributed by atoms with Gasteiger partial charge in [-0.05, 0) is 73.7 Å². The second-order valence-corrected chi connectivity index (χ2v) is 8.65. The first-order valence-electron chi connectivity index (χ1n) is 9.05. The molecule has 0 aliphatic heterocycles. The first kappa shape index (κ1) is 21.9. The number of halogens is 1. The molecule has 0 unspecified atom stereocenters. The molecular weight excluding hydrogens is 442 g/mol. The highest BCUT2D eigenvalue weighted by molar-refractivity contribution is 7.92. The minimum atomic E-state index is -3.82. The topological polar surface area (TPSA) is 79.5 Å². The number of nitrogens with one attached hydrogen (secondary N) is 3. The lowest BCUT2D eigenvalue weighted by Crippen LogP contribution is -2.19. The van der Waals surface area contributed by atoms with Gasteiger partial charge in [-0.15, -0.1) is 0 Å². The lowest BCUT2D eigenvalue weighted by atomic mass is 10.3. The van der Waals surface area contributed by atoms with Crippen LogP contribution in [0.1, 0.15) is 6.92 Å². The lowest BCUT2D eigenvalue weighted by Gasteiger charge is -2.13. The minimum absolute atomic E-state index is 0.0799. The average Bonchev–Trinajstić information content (AvgIpc) is 2.71. The summed E-state index contributed by atoms with van der Waals surface area (Å²) >= 11 is 11.4. The van der Waals surface area contributed by atoms with Crippen LogP contribution < -0.4 is 20.1 Å². The molecule has 9 heteroatoms. The Bertz CT molecular complexity index is 1140. The molecule has 156 valence electrons. The molecule has 0 bridgehead atoms. The van der Waals surface area contributed by atoms with Gasteiger partial charge < -0.3 is 15.4 Å². The van der Waals surface area contributed by atoms with Gasteiger partial charge in [-0.2, -0.15) is 0 Å². The molecule has 3 N–H and O–H groups in total. The van der Waals surface area contributed by atoms with E-state index in [9.17, 15) is 8.42 Å². The van der Waals surface area contributed by atoms with Gasteiger partial charge in [-0.25, -0.2) is 8.42 Å². The third kappa shape index (κ3) is 5.85. The summed E-state index contributed by atoms with van der Waals surface area (Å²) in [5.74, 6) is 0.769. The van der Waals surface area contributed by atoms with E-state index in [0.717, 1.165) is 11.4 Å². The Morgan fingerprint density at radius 3 is 2.37 bits per heavy atom. The number of hydrogen-bond donors (Lipinski definition) is 3. The summed E-state index contributed by atoms with van der Waals surface area (Å²) in [7, 11) is -3.82. The first-order valence-corrected chi connectivity index (χ1v) is 11.3. The number of benzene rings is 3. The molecule has 6 nitrogen and oxygen atoms in total. The van der Waals surface area contributed by atoms with Gasteiger partial charge >= 0.3 is 0 Å². The van der Waals surface area contributed by atoms with Crippen LogP contribution in [0.25, 0.3) is 0 Å². The molecule has 0 radical (unpaired) electrons. The fraction of sp³-hybridized carbons (Fsp3) is 0.0952. The quantitative estimate of drug-likeness (QED) is 0.412. The molecule has 0 aliphatic carbocycles.